The summed E-state index contributed by atoms with van der Waals surface area (Å²) in [7, 11) is 1.52. The number of thioether (sulfide) groups is 3. The summed E-state index contributed by atoms with van der Waals surface area (Å²) in [5.41, 5.74) is -0.331. The Morgan fingerprint density at radius 2 is 1.59 bits per heavy atom. The van der Waals surface area contributed by atoms with Crippen LogP contribution in [-0.4, -0.2) is 66.5 Å². The molecule has 0 spiro atoms. The number of hydrogen-bond acceptors (Lipinski definition) is 10. The number of nitrogens with one attached hydrogen (secondary N) is 1. The van der Waals surface area contributed by atoms with Gasteiger partial charge in [-0.1, -0.05) is 36.4 Å². The molecule has 2 aromatic rings. The number of aromatic nitrogens is 1. The van der Waals surface area contributed by atoms with Gasteiger partial charge in [-0.25, -0.2) is 4.98 Å². The fourth-order valence-corrected chi connectivity index (χ4v) is 8.06. The van der Waals surface area contributed by atoms with Crippen molar-refractivity contribution in [3.05, 3.63) is 59.3 Å². The van der Waals surface area contributed by atoms with Crippen molar-refractivity contribution in [2.24, 2.45) is 15.0 Å². The summed E-state index contributed by atoms with van der Waals surface area (Å²) in [4.78, 5) is 31.8. The highest BCUT2D eigenvalue weighted by atomic mass is 32.2. The number of carbonyl (C=O) groups excluding carboxylic acids is 1. The molecule has 3 aliphatic heterocycles. The molecule has 8 nitrogen and oxygen atoms in total. The number of nitrogens with zero attached hydrogens (tertiary/aromatic N) is 4. The van der Waals surface area contributed by atoms with E-state index in [1.165, 1.54) is 7.05 Å². The Labute approximate surface area is 229 Å². The molecule has 11 heteroatoms. The van der Waals surface area contributed by atoms with Crippen molar-refractivity contribution in [2.45, 2.75) is 44.0 Å². The third-order valence-electron chi connectivity index (χ3n) is 6.42. The summed E-state index contributed by atoms with van der Waals surface area (Å²) in [6, 6.07) is 10.2. The van der Waals surface area contributed by atoms with E-state index >= 15 is 0 Å². The molecule has 5 rings (SSSR count). The maximum atomic E-state index is 12.2. The molecule has 2 N–H and O–H groups in total. The Morgan fingerprint density at radius 1 is 0.973 bits per heavy atom. The summed E-state index contributed by atoms with van der Waals surface area (Å²) in [5, 5.41) is 15.1. The second-order valence-corrected chi connectivity index (χ2v) is 12.7. The first-order valence-electron chi connectivity index (χ1n) is 11.9. The summed E-state index contributed by atoms with van der Waals surface area (Å²) in [6.07, 6.45) is 4.17. The zero-order valence-electron chi connectivity index (χ0n) is 21.1. The van der Waals surface area contributed by atoms with E-state index in [9.17, 15) is 9.90 Å². The number of hydrogen-bond donors (Lipinski definition) is 2. The SMILES string of the molecule is CNC(=O)c1nc([C@@]2(C)CSC([C@]3(C)CSC([C@]4(C)CSC(/C=C/c5ccccc5)=N4)=N3)=N2)oc1CO. The van der Waals surface area contributed by atoms with Gasteiger partial charge >= 0.3 is 0 Å². The van der Waals surface area contributed by atoms with E-state index in [-0.39, 0.29) is 17.0 Å². The van der Waals surface area contributed by atoms with Gasteiger partial charge < -0.3 is 14.8 Å². The lowest BCUT2D eigenvalue weighted by atomic mass is 10.0. The molecule has 37 heavy (non-hydrogen) atoms. The zero-order valence-corrected chi connectivity index (χ0v) is 23.6. The first-order valence-corrected chi connectivity index (χ1v) is 14.9. The van der Waals surface area contributed by atoms with Crippen molar-refractivity contribution in [1.82, 2.24) is 10.3 Å². The first-order chi connectivity index (χ1) is 17.7. The Hall–Kier alpha value is -2.34. The van der Waals surface area contributed by atoms with Gasteiger partial charge in [-0.2, -0.15) is 0 Å². The van der Waals surface area contributed by atoms with Crippen LogP contribution in [0.4, 0.5) is 0 Å². The van der Waals surface area contributed by atoms with Crippen LogP contribution in [0.3, 0.4) is 0 Å². The molecule has 3 aliphatic rings. The minimum atomic E-state index is -0.747. The molecule has 0 fully saturated rings. The highest BCUT2D eigenvalue weighted by Crippen LogP contribution is 2.46. The van der Waals surface area contributed by atoms with Crippen molar-refractivity contribution in [3.8, 4) is 0 Å². The van der Waals surface area contributed by atoms with Crippen LogP contribution >= 0.6 is 35.3 Å². The molecule has 1 aromatic heterocycles. The molecular formula is C26H29N5O3S3. The third kappa shape index (κ3) is 5.06. The van der Waals surface area contributed by atoms with Gasteiger partial charge in [-0.3, -0.25) is 19.8 Å². The molecule has 0 saturated carbocycles. The monoisotopic (exact) mass is 555 g/mol. The Balaban J connectivity index is 1.37. The molecule has 0 radical (unpaired) electrons. The van der Waals surface area contributed by atoms with Gasteiger partial charge in [0, 0.05) is 24.3 Å². The number of aliphatic hydroxyl groups excluding tert-OH is 1. The van der Waals surface area contributed by atoms with Crippen molar-refractivity contribution in [1.29, 1.82) is 0 Å². The lowest BCUT2D eigenvalue weighted by Gasteiger charge is -2.21. The minimum Gasteiger partial charge on any atom is -0.440 e. The van der Waals surface area contributed by atoms with Gasteiger partial charge in [0.1, 0.15) is 23.2 Å². The van der Waals surface area contributed by atoms with Crippen molar-refractivity contribution in [3.63, 3.8) is 0 Å². The Bertz CT molecular complexity index is 1340. The van der Waals surface area contributed by atoms with Crippen LogP contribution in [0, 0.1) is 0 Å². The largest absolute Gasteiger partial charge is 0.440 e. The second kappa shape index (κ2) is 10.1. The van der Waals surface area contributed by atoms with Gasteiger partial charge in [0.15, 0.2) is 11.5 Å². The van der Waals surface area contributed by atoms with E-state index in [1.807, 2.05) is 25.1 Å². The summed E-state index contributed by atoms with van der Waals surface area (Å²) in [6.45, 7) is 5.80. The van der Waals surface area contributed by atoms with Crippen LogP contribution in [0.1, 0.15) is 48.5 Å². The van der Waals surface area contributed by atoms with Crippen molar-refractivity contribution >= 4 is 62.4 Å². The fourth-order valence-electron chi connectivity index (χ4n) is 4.20. The maximum Gasteiger partial charge on any atom is 0.273 e. The van der Waals surface area contributed by atoms with Gasteiger partial charge in [0.05, 0.1) is 15.1 Å². The molecule has 4 heterocycles. The number of benzene rings is 1. The topological polar surface area (TPSA) is 112 Å². The van der Waals surface area contributed by atoms with E-state index in [0.717, 1.165) is 32.2 Å². The van der Waals surface area contributed by atoms with Crippen LogP contribution in [0.15, 0.2) is 55.8 Å². The Kier molecular flexibility index (Phi) is 7.16. The molecule has 0 unspecified atom stereocenters. The van der Waals surface area contributed by atoms with Crippen LogP contribution in [-0.2, 0) is 12.1 Å². The standard InChI is InChI=1S/C26H29N5O3S3/c1-24(21-28-19(20(33)27-4)17(12-32)34-21)13-36-23(30-24)26(3)15-37-22(31-26)25(2)14-35-18(29-25)11-10-16-8-6-5-7-9-16/h5-11,32H,12-15H2,1-4H3,(H,27,33)/b11-10+/t24-,25+,26+/m1/s1. The Morgan fingerprint density at radius 3 is 2.27 bits per heavy atom. The number of oxazole rings is 1. The quantitative estimate of drug-likeness (QED) is 0.520. The molecule has 3 atom stereocenters. The molecular weight excluding hydrogens is 527 g/mol. The number of amides is 1. The van der Waals surface area contributed by atoms with E-state index in [0.29, 0.717) is 11.6 Å². The van der Waals surface area contributed by atoms with Gasteiger partial charge in [-0.15, -0.1) is 35.3 Å². The number of rotatable bonds is 7. The van der Waals surface area contributed by atoms with E-state index in [1.54, 1.807) is 35.3 Å². The van der Waals surface area contributed by atoms with E-state index < -0.39 is 23.6 Å². The summed E-state index contributed by atoms with van der Waals surface area (Å²) in [5.74, 6) is 2.33. The lowest BCUT2D eigenvalue weighted by Crippen LogP contribution is -2.33. The van der Waals surface area contributed by atoms with E-state index in [4.69, 9.17) is 19.4 Å². The first kappa shape index (κ1) is 26.3. The van der Waals surface area contributed by atoms with Crippen molar-refractivity contribution < 1.29 is 14.3 Å². The number of aliphatic imine (C=N–C) groups is 3. The van der Waals surface area contributed by atoms with Crippen LogP contribution < -0.4 is 5.32 Å². The normalized spacial score (nSPS) is 29.5. The van der Waals surface area contributed by atoms with Gasteiger partial charge in [0.2, 0.25) is 5.89 Å². The lowest BCUT2D eigenvalue weighted by molar-refractivity contribution is 0.0953. The number of aliphatic hydroxyl groups is 1. The highest BCUT2D eigenvalue weighted by Gasteiger charge is 2.48. The average molecular weight is 556 g/mol. The van der Waals surface area contributed by atoms with Crippen LogP contribution in [0.5, 0.6) is 0 Å². The minimum absolute atomic E-state index is 0.0967. The fraction of sp³-hybridized carbons (Fsp3) is 0.423. The molecule has 1 amide bonds. The van der Waals surface area contributed by atoms with Crippen molar-refractivity contribution in [2.75, 3.05) is 24.3 Å². The van der Waals surface area contributed by atoms with E-state index in [2.05, 4.69) is 48.4 Å². The maximum absolute atomic E-state index is 12.2. The molecule has 194 valence electrons. The molecule has 0 aliphatic carbocycles. The van der Waals surface area contributed by atoms with Crippen LogP contribution in [0.2, 0.25) is 0 Å². The third-order valence-corrected chi connectivity index (χ3v) is 10.7. The van der Waals surface area contributed by atoms with Crippen LogP contribution in [0.25, 0.3) is 6.08 Å². The molecule has 0 saturated heterocycles. The summed E-state index contributed by atoms with van der Waals surface area (Å²) >= 11 is 5.14. The predicted molar refractivity (Wildman–Crippen MR) is 155 cm³/mol. The smallest absolute Gasteiger partial charge is 0.273 e. The second-order valence-electron chi connectivity index (χ2n) is 9.74. The summed E-state index contributed by atoms with van der Waals surface area (Å²) < 4.78 is 5.79. The average Bonchev–Trinajstić information content (AvgIpc) is 3.69. The highest BCUT2D eigenvalue weighted by molar-refractivity contribution is 8.17. The number of carbonyl (C=O) groups is 1. The predicted octanol–water partition coefficient (Wildman–Crippen LogP) is 4.41. The molecule has 1 aromatic carbocycles. The zero-order chi connectivity index (χ0) is 26.3. The van der Waals surface area contributed by atoms with Gasteiger partial charge in [-0.05, 0) is 32.4 Å². The van der Waals surface area contributed by atoms with Gasteiger partial charge in [0.25, 0.3) is 5.91 Å². The molecule has 0 bridgehead atoms.